The van der Waals surface area contributed by atoms with E-state index in [1.54, 1.807) is 6.26 Å². The van der Waals surface area contributed by atoms with Gasteiger partial charge in [-0.15, -0.1) is 0 Å². The monoisotopic (exact) mass is 189 g/mol. The van der Waals surface area contributed by atoms with Gasteiger partial charge in [0.05, 0.1) is 0 Å². The Kier molecular flexibility index (Phi) is 1.71. The normalized spacial score (nSPS) is 14.9. The zero-order valence-corrected chi connectivity index (χ0v) is 6.81. The van der Waals surface area contributed by atoms with Gasteiger partial charge in [-0.3, -0.25) is 0 Å². The average Bonchev–Trinajstić information content (AvgIpc) is 2.06. The molecule has 1 aliphatic rings. The van der Waals surface area contributed by atoms with Gasteiger partial charge in [0.25, 0.3) is 0 Å². The predicted molar refractivity (Wildman–Crippen MR) is 39.2 cm³/mol. The molecule has 0 amide bonds. The third-order valence-corrected chi connectivity index (χ3v) is 2.06. The van der Waals surface area contributed by atoms with Gasteiger partial charge in [-0.05, 0) is 0 Å². The van der Waals surface area contributed by atoms with E-state index >= 15 is 0 Å². The van der Waals surface area contributed by atoms with Gasteiger partial charge in [-0.25, -0.2) is 0 Å². The molecule has 0 saturated heterocycles. The molecule has 0 aromatic heterocycles. The molecule has 0 spiro atoms. The van der Waals surface area contributed by atoms with Crippen LogP contribution >= 0.6 is 0 Å². The molecule has 2 rings (SSSR count). The standard InChI is InChI=1S/C9H7O.Ni/c1-2-4-9-7-10-6-5-8(9)3-1;/h1-4,6H,7H2;. The van der Waals surface area contributed by atoms with Gasteiger partial charge in [-0.2, -0.15) is 0 Å². The first kappa shape index (κ1) is 6.93. The van der Waals surface area contributed by atoms with Gasteiger partial charge < -0.3 is 0 Å². The van der Waals surface area contributed by atoms with Gasteiger partial charge >= 0.3 is 73.0 Å². The quantitative estimate of drug-likeness (QED) is 0.568. The van der Waals surface area contributed by atoms with Crippen LogP contribution in [0.2, 0.25) is 0 Å². The molecule has 0 radical (unpaired) electrons. The van der Waals surface area contributed by atoms with E-state index in [0.29, 0.717) is 6.61 Å². The molecule has 0 fully saturated rings. The zero-order chi connectivity index (χ0) is 7.68. The van der Waals surface area contributed by atoms with Crippen LogP contribution in [0, 0.1) is 0 Å². The molecule has 0 atom stereocenters. The van der Waals surface area contributed by atoms with Crippen LogP contribution in [0.25, 0.3) is 4.54 Å². The third-order valence-electron chi connectivity index (χ3n) is 1.68. The van der Waals surface area contributed by atoms with Crippen LogP contribution in [-0.2, 0) is 26.8 Å². The van der Waals surface area contributed by atoms with Crippen LogP contribution in [-0.4, -0.2) is 0 Å². The maximum atomic E-state index is 5.15. The number of hydrogen-bond donors (Lipinski definition) is 0. The van der Waals surface area contributed by atoms with Crippen molar-refractivity contribution >= 4 is 4.54 Å². The second-order valence-electron chi connectivity index (χ2n) is 2.40. The Hall–Kier alpha value is -0.746. The Labute approximate surface area is 73.4 Å². The Morgan fingerprint density at radius 3 is 2.91 bits per heavy atom. The first-order valence-corrected chi connectivity index (χ1v) is 3.90. The van der Waals surface area contributed by atoms with Crippen molar-refractivity contribution < 1.29 is 20.2 Å². The molecule has 0 saturated carbocycles. The topological polar surface area (TPSA) is 9.23 Å². The van der Waals surface area contributed by atoms with Crippen molar-refractivity contribution in [2.45, 2.75) is 6.61 Å². The number of benzene rings is 1. The van der Waals surface area contributed by atoms with Crippen LogP contribution in [0.3, 0.4) is 0 Å². The Morgan fingerprint density at radius 2 is 2.09 bits per heavy atom. The molecule has 0 bridgehead atoms. The molecule has 1 nitrogen and oxygen atoms in total. The fraction of sp³-hybridized carbons (Fsp3) is 0.111. The van der Waals surface area contributed by atoms with Gasteiger partial charge in [0.1, 0.15) is 0 Å². The number of ether oxygens (including phenoxy) is 1. The molecule has 1 aromatic rings. The van der Waals surface area contributed by atoms with Crippen molar-refractivity contribution in [3.63, 3.8) is 0 Å². The fourth-order valence-corrected chi connectivity index (χ4v) is 1.45. The second kappa shape index (κ2) is 2.71. The van der Waals surface area contributed by atoms with Crippen LogP contribution in [0.5, 0.6) is 0 Å². The number of rotatable bonds is 0. The SMILES string of the molecule is [Ni][C]1=COCc2ccccc21. The van der Waals surface area contributed by atoms with Crippen LogP contribution in [0.15, 0.2) is 30.5 Å². The summed E-state index contributed by atoms with van der Waals surface area (Å²) in [5, 5.41) is 0. The van der Waals surface area contributed by atoms with Gasteiger partial charge in [-0.1, -0.05) is 0 Å². The van der Waals surface area contributed by atoms with Crippen molar-refractivity contribution in [2.75, 3.05) is 0 Å². The summed E-state index contributed by atoms with van der Waals surface area (Å²) in [5.74, 6) is 0. The Bertz CT molecular complexity index is 304. The maximum absolute atomic E-state index is 5.15. The molecule has 2 heteroatoms. The van der Waals surface area contributed by atoms with E-state index in [2.05, 4.69) is 0 Å². The van der Waals surface area contributed by atoms with E-state index in [9.17, 15) is 0 Å². The van der Waals surface area contributed by atoms with Crippen molar-refractivity contribution in [1.29, 1.82) is 0 Å². The van der Waals surface area contributed by atoms with Crippen LogP contribution in [0.1, 0.15) is 11.1 Å². The third kappa shape index (κ3) is 1.19. The first-order chi connectivity index (χ1) is 5.38. The molecular formula is C9H7NiO. The molecule has 59 valence electrons. The van der Waals surface area contributed by atoms with E-state index in [4.69, 9.17) is 20.2 Å². The minimum absolute atomic E-state index is 0.656. The molecular weight excluding hydrogens is 183 g/mol. The van der Waals surface area contributed by atoms with Crippen molar-refractivity contribution in [3.8, 4) is 0 Å². The minimum atomic E-state index is 0.656. The second-order valence-corrected chi connectivity index (χ2v) is 2.93. The molecule has 0 aliphatic carbocycles. The fourth-order valence-electron chi connectivity index (χ4n) is 1.13. The van der Waals surface area contributed by atoms with Crippen LogP contribution in [0.4, 0.5) is 0 Å². The molecule has 11 heavy (non-hydrogen) atoms. The predicted octanol–water partition coefficient (Wildman–Crippen LogP) is 2.06. The van der Waals surface area contributed by atoms with Crippen molar-refractivity contribution in [2.24, 2.45) is 0 Å². The van der Waals surface area contributed by atoms with Gasteiger partial charge in [0, 0.05) is 0 Å². The number of hydrogen-bond acceptors (Lipinski definition) is 1. The van der Waals surface area contributed by atoms with Gasteiger partial charge in [0.2, 0.25) is 0 Å². The van der Waals surface area contributed by atoms with E-state index in [0.717, 1.165) is 10.1 Å². The molecule has 1 aliphatic heterocycles. The molecule has 0 unspecified atom stereocenters. The first-order valence-electron chi connectivity index (χ1n) is 3.40. The molecule has 0 N–H and O–H groups in total. The molecule has 1 heterocycles. The van der Waals surface area contributed by atoms with Gasteiger partial charge in [0.15, 0.2) is 0 Å². The van der Waals surface area contributed by atoms with E-state index in [1.165, 1.54) is 5.56 Å². The van der Waals surface area contributed by atoms with Crippen molar-refractivity contribution in [1.82, 2.24) is 0 Å². The summed E-state index contributed by atoms with van der Waals surface area (Å²) in [6.45, 7) is 0.656. The van der Waals surface area contributed by atoms with E-state index in [1.807, 2.05) is 24.3 Å². The summed E-state index contributed by atoms with van der Waals surface area (Å²) >= 11 is 4.78. The van der Waals surface area contributed by atoms with E-state index in [-0.39, 0.29) is 0 Å². The van der Waals surface area contributed by atoms with Crippen LogP contribution < -0.4 is 0 Å². The zero-order valence-electron chi connectivity index (χ0n) is 5.82. The summed E-state index contributed by atoms with van der Waals surface area (Å²) in [6.07, 6.45) is 1.66. The van der Waals surface area contributed by atoms with E-state index < -0.39 is 0 Å². The van der Waals surface area contributed by atoms with Crippen molar-refractivity contribution in [3.05, 3.63) is 41.7 Å². The Morgan fingerprint density at radius 1 is 1.27 bits per heavy atom. The number of fused-ring (bicyclic) bond motifs is 1. The summed E-state index contributed by atoms with van der Waals surface area (Å²) in [7, 11) is 0. The summed E-state index contributed by atoms with van der Waals surface area (Å²) in [6, 6.07) is 8.08. The average molecular weight is 190 g/mol. The summed E-state index contributed by atoms with van der Waals surface area (Å²) in [5.41, 5.74) is 2.34. The summed E-state index contributed by atoms with van der Waals surface area (Å²) in [4.78, 5) is 0. The molecule has 1 aromatic carbocycles. The summed E-state index contributed by atoms with van der Waals surface area (Å²) < 4.78 is 5.99. The Balaban J connectivity index is 2.56.